The first-order valence-corrected chi connectivity index (χ1v) is 11.9. The number of carbonyl (C=O) groups is 2. The summed E-state index contributed by atoms with van der Waals surface area (Å²) in [7, 11) is 0. The lowest BCUT2D eigenvalue weighted by Crippen LogP contribution is -2.63. The Morgan fingerprint density at radius 1 is 1.03 bits per heavy atom. The summed E-state index contributed by atoms with van der Waals surface area (Å²) in [5, 5.41) is 13.1. The molecule has 0 bridgehead atoms. The molecule has 4 rings (SSSR count). The van der Waals surface area contributed by atoms with Gasteiger partial charge in [-0.25, -0.2) is 4.79 Å². The number of aliphatic hydroxyl groups excluding tert-OH is 1. The summed E-state index contributed by atoms with van der Waals surface area (Å²) in [5.41, 5.74) is 1.47. The van der Waals surface area contributed by atoms with Crippen LogP contribution in [-0.2, 0) is 16.0 Å². The van der Waals surface area contributed by atoms with Gasteiger partial charge in [-0.2, -0.15) is 10.0 Å². The summed E-state index contributed by atoms with van der Waals surface area (Å²) in [6, 6.07) is 20.0. The van der Waals surface area contributed by atoms with Gasteiger partial charge in [-0.3, -0.25) is 4.79 Å². The number of aliphatic hydroxyl groups is 1. The van der Waals surface area contributed by atoms with Crippen LogP contribution in [0.2, 0.25) is 5.02 Å². The highest BCUT2D eigenvalue weighted by Crippen LogP contribution is 2.36. The Morgan fingerprint density at radius 3 is 2.25 bits per heavy atom. The zero-order valence-corrected chi connectivity index (χ0v) is 20.4. The van der Waals surface area contributed by atoms with Crippen molar-refractivity contribution in [3.05, 3.63) is 107 Å². The lowest BCUT2D eigenvalue weighted by molar-refractivity contribution is -0.182. The molecular weight excluding hydrogens is 476 g/mol. The minimum atomic E-state index is -3.14. The van der Waals surface area contributed by atoms with E-state index < -0.39 is 55.9 Å². The van der Waals surface area contributed by atoms with E-state index in [-0.39, 0.29) is 6.42 Å². The third-order valence-corrected chi connectivity index (χ3v) is 6.55. The van der Waals surface area contributed by atoms with E-state index in [1.807, 2.05) is 0 Å². The molecule has 3 aromatic carbocycles. The molecule has 1 aliphatic rings. The third-order valence-electron chi connectivity index (χ3n) is 6.30. The molecule has 0 unspecified atom stereocenters. The van der Waals surface area contributed by atoms with E-state index >= 15 is 0 Å². The van der Waals surface area contributed by atoms with Crippen molar-refractivity contribution in [2.45, 2.75) is 51.3 Å². The molecular formula is C29H31ClN2O4. The summed E-state index contributed by atoms with van der Waals surface area (Å²) in [5.74, 6) is -2.35. The number of amides is 2. The minimum Gasteiger partial charge on any atom is -0.438 e. The molecule has 0 saturated carbocycles. The van der Waals surface area contributed by atoms with Gasteiger partial charge in [0.05, 0.1) is 18.1 Å². The van der Waals surface area contributed by atoms with Gasteiger partial charge in [-0.15, -0.1) is 0 Å². The SMILES string of the molecule is [2H]C([2H])([2H])C(N1[C@@H](C)[C@@H](c2ccccc2)OC(=O)N1C(=O)[C@@H](Cc1ccccc1)[C@H](O)c1ccc(Cl)cc1)C([2H])([2H])[2H]. The topological polar surface area (TPSA) is 70.1 Å². The van der Waals surface area contributed by atoms with Crippen molar-refractivity contribution in [1.29, 1.82) is 0 Å². The maximum atomic E-state index is 14.4. The first-order valence-electron chi connectivity index (χ1n) is 14.6. The fourth-order valence-corrected chi connectivity index (χ4v) is 4.59. The molecule has 0 radical (unpaired) electrons. The molecule has 1 fully saturated rings. The number of cyclic esters (lactones) is 1. The molecule has 36 heavy (non-hydrogen) atoms. The van der Waals surface area contributed by atoms with Crippen LogP contribution in [-0.4, -0.2) is 39.2 Å². The van der Waals surface area contributed by atoms with Crippen molar-refractivity contribution in [2.75, 3.05) is 0 Å². The molecule has 0 aliphatic carbocycles. The fourth-order valence-electron chi connectivity index (χ4n) is 4.47. The zero-order valence-electron chi connectivity index (χ0n) is 25.6. The summed E-state index contributed by atoms with van der Waals surface area (Å²) in [4.78, 5) is 28.1. The van der Waals surface area contributed by atoms with Gasteiger partial charge in [0.25, 0.3) is 5.91 Å². The van der Waals surface area contributed by atoms with E-state index in [0.29, 0.717) is 26.7 Å². The Hall–Kier alpha value is -3.19. The number of ether oxygens (including phenoxy) is 1. The van der Waals surface area contributed by atoms with Crippen LogP contribution in [0.25, 0.3) is 0 Å². The van der Waals surface area contributed by atoms with E-state index in [0.717, 1.165) is 5.01 Å². The van der Waals surface area contributed by atoms with Gasteiger partial charge in [0, 0.05) is 19.3 Å². The number of nitrogens with zero attached hydrogens (tertiary/aromatic N) is 2. The number of imide groups is 1. The lowest BCUT2D eigenvalue weighted by Gasteiger charge is -2.47. The van der Waals surface area contributed by atoms with Crippen molar-refractivity contribution < 1.29 is 27.7 Å². The highest BCUT2D eigenvalue weighted by Gasteiger charge is 2.47. The molecule has 1 saturated heterocycles. The number of hydrogen-bond acceptors (Lipinski definition) is 5. The summed E-state index contributed by atoms with van der Waals surface area (Å²) in [6.07, 6.45) is -3.84. The van der Waals surface area contributed by atoms with Crippen LogP contribution in [0.1, 0.15) is 57.8 Å². The van der Waals surface area contributed by atoms with E-state index in [1.165, 1.54) is 31.2 Å². The van der Waals surface area contributed by atoms with Crippen molar-refractivity contribution in [3.63, 3.8) is 0 Å². The third kappa shape index (κ3) is 5.46. The van der Waals surface area contributed by atoms with Crippen LogP contribution in [0.4, 0.5) is 4.79 Å². The van der Waals surface area contributed by atoms with Crippen LogP contribution in [0.3, 0.4) is 0 Å². The number of benzene rings is 3. The molecule has 0 aromatic heterocycles. The quantitative estimate of drug-likeness (QED) is 0.422. The first kappa shape index (κ1) is 19.0. The zero-order chi connectivity index (χ0) is 30.8. The molecule has 4 atom stereocenters. The van der Waals surface area contributed by atoms with E-state index in [2.05, 4.69) is 0 Å². The Balaban J connectivity index is 1.84. The monoisotopic (exact) mass is 512 g/mol. The number of rotatable bonds is 7. The largest absolute Gasteiger partial charge is 0.438 e. The summed E-state index contributed by atoms with van der Waals surface area (Å²) < 4.78 is 54.5. The number of hydrazine groups is 1. The van der Waals surface area contributed by atoms with Crippen LogP contribution in [0.5, 0.6) is 0 Å². The van der Waals surface area contributed by atoms with Gasteiger partial charge < -0.3 is 9.84 Å². The highest BCUT2D eigenvalue weighted by molar-refractivity contribution is 6.30. The molecule has 1 aliphatic heterocycles. The normalized spacial score (nSPS) is 23.3. The Morgan fingerprint density at radius 2 is 1.64 bits per heavy atom. The van der Waals surface area contributed by atoms with Gasteiger partial charge in [0.2, 0.25) is 0 Å². The fraction of sp³-hybridized carbons (Fsp3) is 0.310. The second kappa shape index (κ2) is 11.2. The number of hydrogen-bond donors (Lipinski definition) is 1. The van der Waals surface area contributed by atoms with Gasteiger partial charge >= 0.3 is 6.09 Å². The molecule has 188 valence electrons. The van der Waals surface area contributed by atoms with Gasteiger partial charge in [-0.05, 0) is 55.9 Å². The first-order chi connectivity index (χ1) is 19.7. The Labute approximate surface area is 225 Å². The van der Waals surface area contributed by atoms with Crippen LogP contribution < -0.4 is 0 Å². The number of carbonyl (C=O) groups excluding carboxylic acids is 2. The van der Waals surface area contributed by atoms with Gasteiger partial charge in [0.1, 0.15) is 6.10 Å². The predicted molar refractivity (Wildman–Crippen MR) is 139 cm³/mol. The maximum Gasteiger partial charge on any atom is 0.432 e. The van der Waals surface area contributed by atoms with Gasteiger partial charge in [0.15, 0.2) is 0 Å². The molecule has 1 heterocycles. The van der Waals surface area contributed by atoms with Gasteiger partial charge in [-0.1, -0.05) is 84.4 Å². The second-order valence-electron chi connectivity index (χ2n) is 8.68. The van der Waals surface area contributed by atoms with Crippen molar-refractivity contribution in [2.24, 2.45) is 5.92 Å². The molecule has 2 amide bonds. The smallest absolute Gasteiger partial charge is 0.432 e. The maximum absolute atomic E-state index is 14.4. The number of halogens is 1. The Kier molecular flexibility index (Phi) is 5.93. The standard InChI is InChI=1S/C29H31ClN2O4/c1-19(2)31-20(3)27(23-12-8-5-9-13-23)36-29(35)32(31)28(34)25(18-21-10-6-4-7-11-21)26(33)22-14-16-24(30)17-15-22/h4-17,19-20,25-27,33H,18H2,1-3H3/t20-,25-,26+,27-/m0/s1/i1D3,2D3. The average molecular weight is 513 g/mol. The second-order valence-corrected chi connectivity index (χ2v) is 9.12. The lowest BCUT2D eigenvalue weighted by atomic mass is 9.88. The summed E-state index contributed by atoms with van der Waals surface area (Å²) in [6.45, 7) is -4.78. The molecule has 3 aromatic rings. The highest BCUT2D eigenvalue weighted by atomic mass is 35.5. The van der Waals surface area contributed by atoms with E-state index in [1.54, 1.807) is 60.7 Å². The van der Waals surface area contributed by atoms with Crippen molar-refractivity contribution >= 4 is 23.6 Å². The molecule has 7 heteroatoms. The average Bonchev–Trinajstić information content (AvgIpc) is 2.93. The summed E-state index contributed by atoms with van der Waals surface area (Å²) >= 11 is 6.02. The van der Waals surface area contributed by atoms with E-state index in [9.17, 15) is 14.7 Å². The molecule has 1 N–H and O–H groups in total. The Bertz CT molecular complexity index is 1360. The minimum absolute atomic E-state index is 0.0518. The van der Waals surface area contributed by atoms with Crippen molar-refractivity contribution in [1.82, 2.24) is 10.0 Å². The van der Waals surface area contributed by atoms with Crippen LogP contribution in [0, 0.1) is 5.92 Å². The van der Waals surface area contributed by atoms with Crippen molar-refractivity contribution in [3.8, 4) is 0 Å². The van der Waals surface area contributed by atoms with Crippen LogP contribution in [0.15, 0.2) is 84.9 Å². The van der Waals surface area contributed by atoms with E-state index in [4.69, 9.17) is 24.6 Å². The molecule has 0 spiro atoms. The predicted octanol–water partition coefficient (Wildman–Crippen LogP) is 5.97. The molecule has 6 nitrogen and oxygen atoms in total. The van der Waals surface area contributed by atoms with Crippen LogP contribution >= 0.6 is 11.6 Å².